The fourth-order valence-electron chi connectivity index (χ4n) is 1.90. The molecule has 0 aliphatic heterocycles. The molecule has 0 heterocycles. The number of carbonyl (C=O) groups excluding carboxylic acids is 1. The maximum absolute atomic E-state index is 11.9. The molecule has 2 aromatic carbocycles. The van der Waals surface area contributed by atoms with Crippen LogP contribution < -0.4 is 15.4 Å². The highest BCUT2D eigenvalue weighted by atomic mass is 35.5. The molecule has 0 unspecified atom stereocenters. The van der Waals surface area contributed by atoms with E-state index in [0.717, 1.165) is 22.7 Å². The van der Waals surface area contributed by atoms with Gasteiger partial charge in [0.05, 0.1) is 24.4 Å². The molecule has 4 nitrogen and oxygen atoms in total. The molecule has 2 N–H and O–H groups in total. The predicted octanol–water partition coefficient (Wildman–Crippen LogP) is 3.71. The summed E-state index contributed by atoms with van der Waals surface area (Å²) in [6.45, 7) is 2.09. The van der Waals surface area contributed by atoms with Gasteiger partial charge in [0.1, 0.15) is 5.75 Å². The molecule has 2 aromatic rings. The normalized spacial score (nSPS) is 10.0. The first-order valence-electron chi connectivity index (χ1n) is 6.53. The van der Waals surface area contributed by atoms with E-state index < -0.39 is 0 Å². The summed E-state index contributed by atoms with van der Waals surface area (Å²) in [5.41, 5.74) is 2.50. The topological polar surface area (TPSA) is 50.4 Å². The summed E-state index contributed by atoms with van der Waals surface area (Å²) in [6, 6.07) is 12.8. The standard InChI is InChI=1S/C16H17ClN2O2/c1-11-4-3-5-14(17)16(11)18-10-15(20)19-12-6-8-13(21-2)9-7-12/h3-9,18H,10H2,1-2H3,(H,19,20). The summed E-state index contributed by atoms with van der Waals surface area (Å²) >= 11 is 6.10. The van der Waals surface area contributed by atoms with Gasteiger partial charge in [-0.05, 0) is 42.8 Å². The highest BCUT2D eigenvalue weighted by molar-refractivity contribution is 6.33. The lowest BCUT2D eigenvalue weighted by Gasteiger charge is -2.11. The van der Waals surface area contributed by atoms with E-state index in [0.29, 0.717) is 5.02 Å². The van der Waals surface area contributed by atoms with E-state index in [1.54, 1.807) is 37.4 Å². The van der Waals surface area contributed by atoms with Gasteiger partial charge in [0.2, 0.25) is 5.91 Å². The number of anilines is 2. The van der Waals surface area contributed by atoms with Gasteiger partial charge in [0.15, 0.2) is 0 Å². The van der Waals surface area contributed by atoms with Gasteiger partial charge < -0.3 is 15.4 Å². The van der Waals surface area contributed by atoms with Crippen molar-refractivity contribution < 1.29 is 9.53 Å². The Kier molecular flexibility index (Phi) is 5.06. The fourth-order valence-corrected chi connectivity index (χ4v) is 2.19. The van der Waals surface area contributed by atoms with Crippen molar-refractivity contribution in [2.45, 2.75) is 6.92 Å². The van der Waals surface area contributed by atoms with Crippen molar-refractivity contribution in [3.05, 3.63) is 53.1 Å². The Morgan fingerprint density at radius 3 is 2.52 bits per heavy atom. The van der Waals surface area contributed by atoms with E-state index in [1.807, 2.05) is 19.1 Å². The average Bonchev–Trinajstić information content (AvgIpc) is 2.47. The van der Waals surface area contributed by atoms with Gasteiger partial charge in [-0.1, -0.05) is 23.7 Å². The van der Waals surface area contributed by atoms with Crippen LogP contribution in [-0.2, 0) is 4.79 Å². The molecule has 0 bridgehead atoms. The molecule has 0 spiro atoms. The van der Waals surface area contributed by atoms with Crippen molar-refractivity contribution >= 4 is 28.9 Å². The first-order valence-corrected chi connectivity index (χ1v) is 6.91. The van der Waals surface area contributed by atoms with Crippen LogP contribution in [0.1, 0.15) is 5.56 Å². The molecule has 21 heavy (non-hydrogen) atoms. The molecule has 0 saturated carbocycles. The van der Waals surface area contributed by atoms with Gasteiger partial charge in [-0.15, -0.1) is 0 Å². The molecule has 1 amide bonds. The number of methoxy groups -OCH3 is 1. The van der Waals surface area contributed by atoms with Crippen LogP contribution in [0.3, 0.4) is 0 Å². The molecular formula is C16H17ClN2O2. The average molecular weight is 305 g/mol. The zero-order valence-corrected chi connectivity index (χ0v) is 12.7. The van der Waals surface area contributed by atoms with Crippen LogP contribution in [0, 0.1) is 6.92 Å². The highest BCUT2D eigenvalue weighted by Crippen LogP contribution is 2.24. The number of hydrogen-bond donors (Lipinski definition) is 2. The van der Waals surface area contributed by atoms with Crippen LogP contribution >= 0.6 is 11.6 Å². The third kappa shape index (κ3) is 4.13. The summed E-state index contributed by atoms with van der Waals surface area (Å²) < 4.78 is 5.07. The quantitative estimate of drug-likeness (QED) is 0.885. The SMILES string of the molecule is COc1ccc(NC(=O)CNc2c(C)cccc2Cl)cc1. The summed E-state index contributed by atoms with van der Waals surface area (Å²) in [7, 11) is 1.60. The number of carbonyl (C=O) groups is 1. The lowest BCUT2D eigenvalue weighted by atomic mass is 10.2. The fraction of sp³-hybridized carbons (Fsp3) is 0.188. The minimum Gasteiger partial charge on any atom is -0.497 e. The van der Waals surface area contributed by atoms with E-state index in [9.17, 15) is 4.79 Å². The monoisotopic (exact) mass is 304 g/mol. The number of nitrogens with one attached hydrogen (secondary N) is 2. The Balaban J connectivity index is 1.92. The molecule has 0 aromatic heterocycles. The predicted molar refractivity (Wildman–Crippen MR) is 86.3 cm³/mol. The van der Waals surface area contributed by atoms with Crippen LogP contribution in [0.2, 0.25) is 5.02 Å². The van der Waals surface area contributed by atoms with E-state index in [1.165, 1.54) is 0 Å². The zero-order valence-electron chi connectivity index (χ0n) is 11.9. The van der Waals surface area contributed by atoms with Gasteiger partial charge in [-0.25, -0.2) is 0 Å². The third-order valence-corrected chi connectivity index (χ3v) is 3.34. The summed E-state index contributed by atoms with van der Waals surface area (Å²) in [5, 5.41) is 6.46. The summed E-state index contributed by atoms with van der Waals surface area (Å²) in [6.07, 6.45) is 0. The van der Waals surface area contributed by atoms with E-state index in [-0.39, 0.29) is 12.5 Å². The van der Waals surface area contributed by atoms with Crippen LogP contribution in [0.15, 0.2) is 42.5 Å². The van der Waals surface area contributed by atoms with Crippen molar-refractivity contribution in [2.75, 3.05) is 24.3 Å². The summed E-state index contributed by atoms with van der Waals surface area (Å²) in [4.78, 5) is 11.9. The van der Waals surface area contributed by atoms with Gasteiger partial charge in [-0.3, -0.25) is 4.79 Å². The first kappa shape index (κ1) is 15.2. The highest BCUT2D eigenvalue weighted by Gasteiger charge is 2.06. The first-order chi connectivity index (χ1) is 10.1. The Bertz CT molecular complexity index is 606. The molecule has 2 rings (SSSR count). The van der Waals surface area contributed by atoms with Gasteiger partial charge in [-0.2, -0.15) is 0 Å². The number of amides is 1. The number of aryl methyl sites for hydroxylation is 1. The molecule has 0 saturated heterocycles. The zero-order chi connectivity index (χ0) is 15.2. The molecule has 0 fully saturated rings. The van der Waals surface area contributed by atoms with Gasteiger partial charge >= 0.3 is 0 Å². The molecule has 0 aliphatic carbocycles. The Morgan fingerprint density at radius 2 is 1.90 bits per heavy atom. The lowest BCUT2D eigenvalue weighted by Crippen LogP contribution is -2.22. The maximum Gasteiger partial charge on any atom is 0.243 e. The number of benzene rings is 2. The lowest BCUT2D eigenvalue weighted by molar-refractivity contribution is -0.114. The second kappa shape index (κ2) is 6.99. The minimum atomic E-state index is -0.139. The van der Waals surface area contributed by atoms with E-state index >= 15 is 0 Å². The van der Waals surface area contributed by atoms with Crippen LogP contribution in [0.5, 0.6) is 5.75 Å². The van der Waals surface area contributed by atoms with Crippen LogP contribution in [-0.4, -0.2) is 19.6 Å². The number of hydrogen-bond acceptors (Lipinski definition) is 3. The molecule has 110 valence electrons. The largest absolute Gasteiger partial charge is 0.497 e. The van der Waals surface area contributed by atoms with Crippen molar-refractivity contribution in [2.24, 2.45) is 0 Å². The molecule has 0 radical (unpaired) electrons. The number of rotatable bonds is 5. The van der Waals surface area contributed by atoms with Crippen LogP contribution in [0.25, 0.3) is 0 Å². The minimum absolute atomic E-state index is 0.139. The van der Waals surface area contributed by atoms with E-state index in [2.05, 4.69) is 10.6 Å². The number of para-hydroxylation sites is 1. The van der Waals surface area contributed by atoms with Gasteiger partial charge in [0.25, 0.3) is 0 Å². The maximum atomic E-state index is 11.9. The molecule has 5 heteroatoms. The molecular weight excluding hydrogens is 288 g/mol. The van der Waals surface area contributed by atoms with Crippen molar-refractivity contribution in [1.82, 2.24) is 0 Å². The van der Waals surface area contributed by atoms with Crippen LogP contribution in [0.4, 0.5) is 11.4 Å². The smallest absolute Gasteiger partial charge is 0.243 e. The Morgan fingerprint density at radius 1 is 1.19 bits per heavy atom. The number of ether oxygens (including phenoxy) is 1. The van der Waals surface area contributed by atoms with Crippen molar-refractivity contribution in [3.8, 4) is 5.75 Å². The Hall–Kier alpha value is -2.20. The Labute approximate surface area is 129 Å². The van der Waals surface area contributed by atoms with Crippen molar-refractivity contribution in [3.63, 3.8) is 0 Å². The second-order valence-electron chi connectivity index (χ2n) is 4.56. The van der Waals surface area contributed by atoms with E-state index in [4.69, 9.17) is 16.3 Å². The van der Waals surface area contributed by atoms with Gasteiger partial charge in [0, 0.05) is 5.69 Å². The van der Waals surface area contributed by atoms with Crippen molar-refractivity contribution in [1.29, 1.82) is 0 Å². The second-order valence-corrected chi connectivity index (χ2v) is 4.97. The molecule has 0 aliphatic rings. The molecule has 0 atom stereocenters. The summed E-state index contributed by atoms with van der Waals surface area (Å²) in [5.74, 6) is 0.609. The number of halogens is 1. The third-order valence-electron chi connectivity index (χ3n) is 3.02.